The Morgan fingerprint density at radius 2 is 1.74 bits per heavy atom. The van der Waals surface area contributed by atoms with Gasteiger partial charge in [0, 0.05) is 20.1 Å². The predicted octanol–water partition coefficient (Wildman–Crippen LogP) is 3.74. The number of nitrogens with zero attached hydrogens (tertiary/aromatic N) is 1. The fraction of sp³-hybridized carbons (Fsp3) is 0.250. The summed E-state index contributed by atoms with van der Waals surface area (Å²) < 4.78 is 0. The molecule has 0 atom stereocenters. The molecule has 2 aromatic carbocycles. The highest BCUT2D eigenvalue weighted by Crippen LogP contribution is 2.30. The Hall–Kier alpha value is -1.51. The fourth-order valence-corrected chi connectivity index (χ4v) is 2.61. The van der Waals surface area contributed by atoms with Crippen LogP contribution in [-0.4, -0.2) is 7.05 Å². The molecule has 3 heteroatoms. The molecule has 2 aromatic rings. The number of rotatable bonds is 4. The molecule has 2 rings (SSSR count). The van der Waals surface area contributed by atoms with Gasteiger partial charge >= 0.3 is 0 Å². The van der Waals surface area contributed by atoms with Gasteiger partial charge in [0.1, 0.15) is 0 Å². The maximum absolute atomic E-state index is 6.31. The van der Waals surface area contributed by atoms with Crippen molar-refractivity contribution >= 4 is 17.3 Å². The third-order valence-electron chi connectivity index (χ3n) is 3.34. The van der Waals surface area contributed by atoms with Crippen LogP contribution in [-0.2, 0) is 13.1 Å². The molecule has 19 heavy (non-hydrogen) atoms. The molecule has 100 valence electrons. The Kier molecular flexibility index (Phi) is 4.46. The Morgan fingerprint density at radius 1 is 1.05 bits per heavy atom. The van der Waals surface area contributed by atoms with Gasteiger partial charge in [0.2, 0.25) is 0 Å². The van der Waals surface area contributed by atoms with Gasteiger partial charge in [-0.1, -0.05) is 48.0 Å². The third kappa shape index (κ3) is 3.09. The molecule has 2 N–H and O–H groups in total. The number of para-hydroxylation sites is 1. The first kappa shape index (κ1) is 13.9. The smallest absolute Gasteiger partial charge is 0.0642 e. The maximum atomic E-state index is 6.31. The molecule has 0 aliphatic rings. The van der Waals surface area contributed by atoms with E-state index in [-0.39, 0.29) is 0 Å². The molecule has 0 aliphatic heterocycles. The molecular formula is C16H19ClN2. The van der Waals surface area contributed by atoms with Crippen LogP contribution in [0.3, 0.4) is 0 Å². The average molecular weight is 275 g/mol. The van der Waals surface area contributed by atoms with E-state index in [2.05, 4.69) is 36.1 Å². The van der Waals surface area contributed by atoms with Crippen molar-refractivity contribution in [3.05, 3.63) is 64.2 Å². The summed E-state index contributed by atoms with van der Waals surface area (Å²) in [4.78, 5) is 2.16. The molecule has 0 fully saturated rings. The summed E-state index contributed by atoms with van der Waals surface area (Å²) in [6, 6.07) is 14.3. The predicted molar refractivity (Wildman–Crippen MR) is 82.6 cm³/mol. The fourth-order valence-electron chi connectivity index (χ4n) is 2.27. The average Bonchev–Trinajstić information content (AvgIpc) is 2.40. The van der Waals surface area contributed by atoms with Gasteiger partial charge in [-0.3, -0.25) is 0 Å². The molecule has 0 radical (unpaired) electrons. The molecular weight excluding hydrogens is 256 g/mol. The first-order chi connectivity index (χ1) is 9.13. The lowest BCUT2D eigenvalue weighted by molar-refractivity contribution is 0.897. The van der Waals surface area contributed by atoms with Crippen molar-refractivity contribution in [2.24, 2.45) is 5.73 Å². The first-order valence-electron chi connectivity index (χ1n) is 6.36. The normalized spacial score (nSPS) is 10.5. The van der Waals surface area contributed by atoms with Crippen molar-refractivity contribution in [1.29, 1.82) is 0 Å². The summed E-state index contributed by atoms with van der Waals surface area (Å²) >= 11 is 6.31. The van der Waals surface area contributed by atoms with E-state index in [0.717, 1.165) is 22.8 Å². The number of anilines is 1. The standard InChI is InChI=1S/C16H19ClN2/c1-12-6-3-4-7-14(12)11-19(2)16-13(10-18)8-5-9-15(16)17/h3-9H,10-11,18H2,1-2H3. The van der Waals surface area contributed by atoms with E-state index in [1.165, 1.54) is 11.1 Å². The molecule has 0 bridgehead atoms. The highest BCUT2D eigenvalue weighted by atomic mass is 35.5. The van der Waals surface area contributed by atoms with Crippen LogP contribution in [0.4, 0.5) is 5.69 Å². The van der Waals surface area contributed by atoms with Gasteiger partial charge in [-0.2, -0.15) is 0 Å². The van der Waals surface area contributed by atoms with E-state index < -0.39 is 0 Å². The first-order valence-corrected chi connectivity index (χ1v) is 6.74. The number of aryl methyl sites for hydroxylation is 1. The molecule has 0 saturated carbocycles. The second-order valence-corrected chi connectivity index (χ2v) is 5.14. The van der Waals surface area contributed by atoms with E-state index in [1.807, 2.05) is 25.2 Å². The Labute approximate surface area is 119 Å². The summed E-state index contributed by atoms with van der Waals surface area (Å²) in [5.41, 5.74) is 10.5. The monoisotopic (exact) mass is 274 g/mol. The van der Waals surface area contributed by atoms with Crippen molar-refractivity contribution in [3.63, 3.8) is 0 Å². The van der Waals surface area contributed by atoms with Gasteiger partial charge in [0.05, 0.1) is 10.7 Å². The molecule has 0 saturated heterocycles. The van der Waals surface area contributed by atoms with Gasteiger partial charge in [-0.15, -0.1) is 0 Å². The van der Waals surface area contributed by atoms with Gasteiger partial charge in [-0.05, 0) is 29.7 Å². The van der Waals surface area contributed by atoms with E-state index in [0.29, 0.717) is 6.54 Å². The van der Waals surface area contributed by atoms with Crippen LogP contribution >= 0.6 is 11.6 Å². The van der Waals surface area contributed by atoms with Gasteiger partial charge < -0.3 is 10.6 Å². The Balaban J connectivity index is 2.30. The maximum Gasteiger partial charge on any atom is 0.0642 e. The van der Waals surface area contributed by atoms with Crippen molar-refractivity contribution in [2.45, 2.75) is 20.0 Å². The summed E-state index contributed by atoms with van der Waals surface area (Å²) in [7, 11) is 2.05. The minimum atomic E-state index is 0.494. The molecule has 2 nitrogen and oxygen atoms in total. The largest absolute Gasteiger partial charge is 0.369 e. The van der Waals surface area contributed by atoms with Crippen molar-refractivity contribution in [2.75, 3.05) is 11.9 Å². The lowest BCUT2D eigenvalue weighted by Crippen LogP contribution is -2.20. The number of hydrogen-bond acceptors (Lipinski definition) is 2. The van der Waals surface area contributed by atoms with Crippen LogP contribution in [0.2, 0.25) is 5.02 Å². The molecule has 0 amide bonds. The summed E-state index contributed by atoms with van der Waals surface area (Å²) in [6.07, 6.45) is 0. The molecule has 0 heterocycles. The van der Waals surface area contributed by atoms with Gasteiger partial charge in [0.25, 0.3) is 0 Å². The highest BCUT2D eigenvalue weighted by Gasteiger charge is 2.11. The molecule has 0 aliphatic carbocycles. The lowest BCUT2D eigenvalue weighted by Gasteiger charge is -2.24. The topological polar surface area (TPSA) is 29.3 Å². The van der Waals surface area contributed by atoms with Crippen LogP contribution < -0.4 is 10.6 Å². The molecule has 0 spiro atoms. The van der Waals surface area contributed by atoms with Crippen LogP contribution in [0, 0.1) is 6.92 Å². The summed E-state index contributed by atoms with van der Waals surface area (Å²) in [6.45, 7) is 3.44. The van der Waals surface area contributed by atoms with E-state index in [1.54, 1.807) is 0 Å². The third-order valence-corrected chi connectivity index (χ3v) is 3.65. The summed E-state index contributed by atoms with van der Waals surface area (Å²) in [5.74, 6) is 0. The van der Waals surface area contributed by atoms with E-state index >= 15 is 0 Å². The van der Waals surface area contributed by atoms with Crippen LogP contribution in [0.1, 0.15) is 16.7 Å². The number of benzene rings is 2. The Bertz CT molecular complexity index is 566. The van der Waals surface area contributed by atoms with Crippen molar-refractivity contribution in [3.8, 4) is 0 Å². The second-order valence-electron chi connectivity index (χ2n) is 4.73. The van der Waals surface area contributed by atoms with E-state index in [9.17, 15) is 0 Å². The van der Waals surface area contributed by atoms with E-state index in [4.69, 9.17) is 17.3 Å². The van der Waals surface area contributed by atoms with Crippen LogP contribution in [0.5, 0.6) is 0 Å². The van der Waals surface area contributed by atoms with Crippen molar-refractivity contribution < 1.29 is 0 Å². The SMILES string of the molecule is Cc1ccccc1CN(C)c1c(Cl)cccc1CN. The van der Waals surface area contributed by atoms with Crippen molar-refractivity contribution in [1.82, 2.24) is 0 Å². The molecule has 0 unspecified atom stereocenters. The highest BCUT2D eigenvalue weighted by molar-refractivity contribution is 6.33. The number of hydrogen-bond donors (Lipinski definition) is 1. The van der Waals surface area contributed by atoms with Crippen LogP contribution in [0.15, 0.2) is 42.5 Å². The minimum Gasteiger partial charge on any atom is -0.369 e. The Morgan fingerprint density at radius 3 is 2.42 bits per heavy atom. The zero-order valence-corrected chi connectivity index (χ0v) is 12.1. The zero-order chi connectivity index (χ0) is 13.8. The van der Waals surface area contributed by atoms with Gasteiger partial charge in [-0.25, -0.2) is 0 Å². The summed E-state index contributed by atoms with van der Waals surface area (Å²) in [5, 5.41) is 0.749. The molecule has 0 aromatic heterocycles. The minimum absolute atomic E-state index is 0.494. The van der Waals surface area contributed by atoms with Crippen LogP contribution in [0.25, 0.3) is 0 Å². The number of halogens is 1. The lowest BCUT2D eigenvalue weighted by atomic mass is 10.1. The quantitative estimate of drug-likeness (QED) is 0.920. The second kappa shape index (κ2) is 6.09. The zero-order valence-electron chi connectivity index (χ0n) is 11.4. The van der Waals surface area contributed by atoms with Gasteiger partial charge in [0.15, 0.2) is 0 Å². The number of nitrogens with two attached hydrogens (primary N) is 1.